The highest BCUT2D eigenvalue weighted by Gasteiger charge is 2.38. The Morgan fingerprint density at radius 2 is 2.00 bits per heavy atom. The zero-order chi connectivity index (χ0) is 17.4. The van der Waals surface area contributed by atoms with Crippen LogP contribution in [0.2, 0.25) is 0 Å². The second kappa shape index (κ2) is 10.1. The summed E-state index contributed by atoms with van der Waals surface area (Å²) in [4.78, 5) is 10.9. The van der Waals surface area contributed by atoms with E-state index in [9.17, 15) is 15.0 Å². The van der Waals surface area contributed by atoms with E-state index in [-0.39, 0.29) is 0 Å². The summed E-state index contributed by atoms with van der Waals surface area (Å²) in [6.45, 7) is 6.20. The van der Waals surface area contributed by atoms with Gasteiger partial charge >= 0.3 is 0 Å². The van der Waals surface area contributed by atoms with E-state index in [0.29, 0.717) is 30.8 Å². The van der Waals surface area contributed by atoms with Crippen LogP contribution in [0.25, 0.3) is 0 Å². The van der Waals surface area contributed by atoms with Gasteiger partial charge in [-0.3, -0.25) is 0 Å². The highest BCUT2D eigenvalue weighted by atomic mass is 16.5. The first-order valence-corrected chi connectivity index (χ1v) is 9.01. The van der Waals surface area contributed by atoms with Gasteiger partial charge in [0.2, 0.25) is 0 Å². The number of carboxylic acids is 1. The van der Waals surface area contributed by atoms with Crippen molar-refractivity contribution in [3.05, 3.63) is 12.2 Å². The predicted molar refractivity (Wildman–Crippen MR) is 89.6 cm³/mol. The zero-order valence-electron chi connectivity index (χ0n) is 15.0. The standard InChI is InChI=1S/C19H34O4/c1-5-13(3)18(23-4)12-15-11-14(15)9-7-8-10-17(20)16(6-2)19(21)22/h7-8,13-18,20H,5-6,9-12H2,1-4H3,(H,21,22)/p-1/b8-7-/t13-,14?,15?,16+,17+,18-/m0/s1. The molecule has 0 heterocycles. The molecule has 1 saturated carbocycles. The fourth-order valence-corrected chi connectivity index (χ4v) is 3.28. The average Bonchev–Trinajstić information content (AvgIpc) is 3.26. The van der Waals surface area contributed by atoms with Crippen LogP contribution in [0, 0.1) is 23.7 Å². The van der Waals surface area contributed by atoms with Crippen LogP contribution in [0.4, 0.5) is 0 Å². The maximum absolute atomic E-state index is 10.9. The van der Waals surface area contributed by atoms with Gasteiger partial charge in [0.25, 0.3) is 0 Å². The van der Waals surface area contributed by atoms with Crippen molar-refractivity contribution in [1.29, 1.82) is 0 Å². The minimum absolute atomic E-state index is 0.356. The first-order chi connectivity index (χ1) is 10.9. The van der Waals surface area contributed by atoms with Crippen LogP contribution in [-0.4, -0.2) is 30.4 Å². The molecule has 4 heteroatoms. The minimum Gasteiger partial charge on any atom is -0.550 e. The second-order valence-electron chi connectivity index (χ2n) is 7.00. The summed E-state index contributed by atoms with van der Waals surface area (Å²) in [7, 11) is 1.80. The maximum atomic E-state index is 10.9. The van der Waals surface area contributed by atoms with Crippen LogP contribution in [0.3, 0.4) is 0 Å². The lowest BCUT2D eigenvalue weighted by Crippen LogP contribution is -2.38. The van der Waals surface area contributed by atoms with Gasteiger partial charge < -0.3 is 19.7 Å². The molecule has 1 aliphatic rings. The molecule has 0 spiro atoms. The molecule has 0 aliphatic heterocycles. The van der Waals surface area contributed by atoms with E-state index >= 15 is 0 Å². The van der Waals surface area contributed by atoms with E-state index in [1.165, 1.54) is 6.42 Å². The maximum Gasteiger partial charge on any atom is 0.0654 e. The largest absolute Gasteiger partial charge is 0.550 e. The van der Waals surface area contributed by atoms with E-state index in [4.69, 9.17) is 4.74 Å². The number of allylic oxidation sites excluding steroid dienone is 1. The molecule has 0 amide bonds. The number of carbonyl (C=O) groups is 1. The smallest absolute Gasteiger partial charge is 0.0654 e. The molecule has 23 heavy (non-hydrogen) atoms. The molecule has 0 aromatic heterocycles. The summed E-state index contributed by atoms with van der Waals surface area (Å²) in [5, 5.41) is 20.7. The molecule has 0 aromatic carbocycles. The van der Waals surface area contributed by atoms with Crippen LogP contribution in [0.15, 0.2) is 12.2 Å². The van der Waals surface area contributed by atoms with Crippen LogP contribution >= 0.6 is 0 Å². The Hall–Kier alpha value is -0.870. The van der Waals surface area contributed by atoms with Gasteiger partial charge in [0.1, 0.15) is 0 Å². The summed E-state index contributed by atoms with van der Waals surface area (Å²) in [5.74, 6) is 0.128. The molecular weight excluding hydrogens is 292 g/mol. The molecule has 1 rings (SSSR count). The lowest BCUT2D eigenvalue weighted by Gasteiger charge is -2.21. The van der Waals surface area contributed by atoms with Gasteiger partial charge in [-0.25, -0.2) is 0 Å². The van der Waals surface area contributed by atoms with Crippen molar-refractivity contribution in [3.63, 3.8) is 0 Å². The van der Waals surface area contributed by atoms with Crippen molar-refractivity contribution < 1.29 is 19.7 Å². The zero-order valence-corrected chi connectivity index (χ0v) is 15.0. The first kappa shape index (κ1) is 20.2. The Labute approximate surface area is 140 Å². The number of aliphatic hydroxyl groups excluding tert-OH is 1. The van der Waals surface area contributed by atoms with Crippen molar-refractivity contribution >= 4 is 5.97 Å². The van der Waals surface area contributed by atoms with Gasteiger partial charge in [-0.05, 0) is 49.9 Å². The summed E-state index contributed by atoms with van der Waals surface area (Å²) in [6, 6.07) is 0. The highest BCUT2D eigenvalue weighted by Crippen LogP contribution is 2.46. The lowest BCUT2D eigenvalue weighted by atomic mass is 9.96. The summed E-state index contributed by atoms with van der Waals surface area (Å²) >= 11 is 0. The third-order valence-electron chi connectivity index (χ3n) is 5.38. The molecule has 0 aromatic rings. The fourth-order valence-electron chi connectivity index (χ4n) is 3.28. The predicted octanol–water partition coefficient (Wildman–Crippen LogP) is 2.55. The summed E-state index contributed by atoms with van der Waals surface area (Å²) in [6.07, 6.45) is 8.83. The Balaban J connectivity index is 2.26. The Morgan fingerprint density at radius 1 is 1.30 bits per heavy atom. The number of rotatable bonds is 12. The molecule has 6 atom stereocenters. The summed E-state index contributed by atoms with van der Waals surface area (Å²) in [5.41, 5.74) is 0. The van der Waals surface area contributed by atoms with Crippen LogP contribution < -0.4 is 5.11 Å². The van der Waals surface area contributed by atoms with Crippen LogP contribution in [0.5, 0.6) is 0 Å². The average molecular weight is 325 g/mol. The highest BCUT2D eigenvalue weighted by molar-refractivity contribution is 5.68. The number of hydrogen-bond acceptors (Lipinski definition) is 4. The molecule has 134 valence electrons. The number of ether oxygens (including phenoxy) is 1. The van der Waals surface area contributed by atoms with Crippen molar-refractivity contribution in [2.24, 2.45) is 23.7 Å². The fraction of sp³-hybridized carbons (Fsp3) is 0.842. The van der Waals surface area contributed by atoms with E-state index in [1.54, 1.807) is 14.0 Å². The SMILES string of the molecule is CC[C@H](C)[C@H](CC1CC1C/C=C\C[C@@H](O)[C@@H](CC)C(=O)[O-])OC. The number of methoxy groups -OCH3 is 1. The Bertz CT molecular complexity index is 380. The van der Waals surface area contributed by atoms with Crippen LogP contribution in [0.1, 0.15) is 59.3 Å². The Morgan fingerprint density at radius 3 is 2.52 bits per heavy atom. The first-order valence-electron chi connectivity index (χ1n) is 9.01. The van der Waals surface area contributed by atoms with Gasteiger partial charge in [-0.2, -0.15) is 0 Å². The second-order valence-corrected chi connectivity index (χ2v) is 7.00. The number of carboxylic acid groups (broad SMARTS) is 1. The van der Waals surface area contributed by atoms with Crippen molar-refractivity contribution in [3.8, 4) is 0 Å². The van der Waals surface area contributed by atoms with Crippen molar-refractivity contribution in [2.75, 3.05) is 7.11 Å². The topological polar surface area (TPSA) is 69.6 Å². The van der Waals surface area contributed by atoms with Crippen LogP contribution in [-0.2, 0) is 9.53 Å². The number of aliphatic carboxylic acids is 1. The minimum atomic E-state index is -1.16. The molecule has 0 bridgehead atoms. The van der Waals surface area contributed by atoms with Gasteiger partial charge in [0.15, 0.2) is 0 Å². The molecule has 0 radical (unpaired) electrons. The monoisotopic (exact) mass is 325 g/mol. The quantitative estimate of drug-likeness (QED) is 0.560. The molecule has 1 fully saturated rings. The van der Waals surface area contributed by atoms with E-state index < -0.39 is 18.0 Å². The van der Waals surface area contributed by atoms with E-state index in [1.807, 2.05) is 6.08 Å². The number of aliphatic hydroxyl groups is 1. The molecule has 1 N–H and O–H groups in total. The third-order valence-corrected chi connectivity index (χ3v) is 5.38. The lowest BCUT2D eigenvalue weighted by molar-refractivity contribution is -0.314. The molecular formula is C19H33O4-. The van der Waals surface area contributed by atoms with E-state index in [2.05, 4.69) is 19.9 Å². The molecule has 0 saturated heterocycles. The summed E-state index contributed by atoms with van der Waals surface area (Å²) < 4.78 is 5.61. The number of carbonyl (C=O) groups excluding carboxylic acids is 1. The van der Waals surface area contributed by atoms with Gasteiger partial charge in [-0.1, -0.05) is 39.3 Å². The molecule has 4 nitrogen and oxygen atoms in total. The Kier molecular flexibility index (Phi) is 8.85. The van der Waals surface area contributed by atoms with Crippen molar-refractivity contribution in [1.82, 2.24) is 0 Å². The third kappa shape index (κ3) is 6.64. The number of hydrogen-bond donors (Lipinski definition) is 1. The normalized spacial score (nSPS) is 26.0. The van der Waals surface area contributed by atoms with Gasteiger partial charge in [0.05, 0.1) is 12.2 Å². The van der Waals surface area contributed by atoms with Crippen molar-refractivity contribution in [2.45, 2.75) is 71.5 Å². The van der Waals surface area contributed by atoms with Gasteiger partial charge in [-0.15, -0.1) is 0 Å². The van der Waals surface area contributed by atoms with Gasteiger partial charge in [0, 0.05) is 19.0 Å². The van der Waals surface area contributed by atoms with E-state index in [0.717, 1.165) is 25.2 Å². The molecule has 1 aliphatic carbocycles. The molecule has 2 unspecified atom stereocenters.